The molecule has 1 aliphatic rings. The number of anilines is 4. The minimum absolute atomic E-state index is 0.190. The number of hydrogen-bond acceptors (Lipinski definition) is 8. The highest BCUT2D eigenvalue weighted by atomic mass is 16.5. The standard InChI is InChI=1S/C24H25N7O3/c1-16(32)27-23-13-20(5-6-26-23)34-19-3-4-22-21(12-19)29-24(30(22)2)28-17-11-18(15-25-14-17)31-7-9-33-10-8-31/h3-6,11-15H,7-10H2,1-2H3,(H,28,29)(H,26,27,32). The lowest BCUT2D eigenvalue weighted by atomic mass is 10.3. The molecule has 34 heavy (non-hydrogen) atoms. The fourth-order valence-electron chi connectivity index (χ4n) is 3.83. The maximum Gasteiger partial charge on any atom is 0.222 e. The first kappa shape index (κ1) is 21.7. The molecule has 1 aromatic carbocycles. The molecular formula is C24H25N7O3. The molecule has 10 nitrogen and oxygen atoms in total. The number of nitrogens with zero attached hydrogens (tertiary/aromatic N) is 5. The van der Waals surface area contributed by atoms with Crippen molar-refractivity contribution >= 4 is 40.1 Å². The topological polar surface area (TPSA) is 106 Å². The molecule has 1 saturated heterocycles. The van der Waals surface area contributed by atoms with Crippen molar-refractivity contribution in [1.29, 1.82) is 0 Å². The summed E-state index contributed by atoms with van der Waals surface area (Å²) in [6, 6.07) is 11.2. The van der Waals surface area contributed by atoms with E-state index in [0.29, 0.717) is 23.3 Å². The Kier molecular flexibility index (Phi) is 5.96. The fourth-order valence-corrected chi connectivity index (χ4v) is 3.83. The second-order valence-electron chi connectivity index (χ2n) is 7.96. The van der Waals surface area contributed by atoms with Gasteiger partial charge >= 0.3 is 0 Å². The van der Waals surface area contributed by atoms with Crippen LogP contribution in [0.2, 0.25) is 0 Å². The van der Waals surface area contributed by atoms with E-state index in [9.17, 15) is 4.79 Å². The number of benzene rings is 1. The number of hydrogen-bond donors (Lipinski definition) is 2. The summed E-state index contributed by atoms with van der Waals surface area (Å²) in [5.41, 5.74) is 3.66. The van der Waals surface area contributed by atoms with Crippen LogP contribution in [0.5, 0.6) is 11.5 Å². The number of rotatable bonds is 6. The van der Waals surface area contributed by atoms with E-state index in [1.165, 1.54) is 6.92 Å². The molecule has 0 bridgehead atoms. The summed E-state index contributed by atoms with van der Waals surface area (Å²) >= 11 is 0. The molecule has 4 heterocycles. The molecule has 174 valence electrons. The van der Waals surface area contributed by atoms with E-state index in [2.05, 4.69) is 31.6 Å². The maximum atomic E-state index is 11.3. The Labute approximate surface area is 196 Å². The molecule has 1 fully saturated rings. The van der Waals surface area contributed by atoms with Gasteiger partial charge in [-0.1, -0.05) is 0 Å². The molecule has 0 saturated carbocycles. The van der Waals surface area contributed by atoms with Crippen LogP contribution in [-0.4, -0.2) is 51.7 Å². The molecule has 1 amide bonds. The Hall–Kier alpha value is -4.18. The Morgan fingerprint density at radius 2 is 1.91 bits per heavy atom. The maximum absolute atomic E-state index is 11.3. The zero-order chi connectivity index (χ0) is 23.5. The zero-order valence-corrected chi connectivity index (χ0v) is 19.0. The average Bonchev–Trinajstić information content (AvgIpc) is 3.14. The van der Waals surface area contributed by atoms with Gasteiger partial charge in [-0.25, -0.2) is 9.97 Å². The predicted molar refractivity (Wildman–Crippen MR) is 130 cm³/mol. The van der Waals surface area contributed by atoms with Crippen LogP contribution in [0.3, 0.4) is 0 Å². The van der Waals surface area contributed by atoms with Crippen molar-refractivity contribution in [1.82, 2.24) is 19.5 Å². The second-order valence-corrected chi connectivity index (χ2v) is 7.96. The largest absolute Gasteiger partial charge is 0.457 e. The second kappa shape index (κ2) is 9.36. The first-order valence-corrected chi connectivity index (χ1v) is 11.0. The molecule has 4 aromatic rings. The Balaban J connectivity index is 1.35. The molecule has 5 rings (SSSR count). The number of ether oxygens (including phenoxy) is 2. The number of amides is 1. The number of nitrogens with one attached hydrogen (secondary N) is 2. The van der Waals surface area contributed by atoms with Gasteiger partial charge in [-0.3, -0.25) is 9.78 Å². The van der Waals surface area contributed by atoms with Gasteiger partial charge in [-0.15, -0.1) is 0 Å². The number of morpholine rings is 1. The third-order valence-electron chi connectivity index (χ3n) is 5.48. The van der Waals surface area contributed by atoms with Gasteiger partial charge in [-0.05, 0) is 24.3 Å². The molecule has 0 radical (unpaired) electrons. The Morgan fingerprint density at radius 3 is 2.74 bits per heavy atom. The third-order valence-corrected chi connectivity index (χ3v) is 5.48. The minimum atomic E-state index is -0.190. The van der Waals surface area contributed by atoms with Gasteiger partial charge in [0.1, 0.15) is 17.3 Å². The van der Waals surface area contributed by atoms with E-state index >= 15 is 0 Å². The smallest absolute Gasteiger partial charge is 0.222 e. The molecule has 2 N–H and O–H groups in total. The number of pyridine rings is 2. The fraction of sp³-hybridized carbons (Fsp3) is 0.250. The highest BCUT2D eigenvalue weighted by Crippen LogP contribution is 2.29. The van der Waals surface area contributed by atoms with Gasteiger partial charge in [0, 0.05) is 45.4 Å². The van der Waals surface area contributed by atoms with E-state index < -0.39 is 0 Å². The Bertz CT molecular complexity index is 1330. The lowest BCUT2D eigenvalue weighted by molar-refractivity contribution is -0.114. The van der Waals surface area contributed by atoms with Crippen molar-refractivity contribution in [2.24, 2.45) is 7.05 Å². The van der Waals surface area contributed by atoms with Gasteiger partial charge in [0.05, 0.1) is 48.0 Å². The molecule has 0 aliphatic carbocycles. The molecule has 1 aliphatic heterocycles. The summed E-state index contributed by atoms with van der Waals surface area (Å²) in [7, 11) is 1.96. The molecule has 3 aromatic heterocycles. The number of fused-ring (bicyclic) bond motifs is 1. The molecule has 10 heteroatoms. The van der Waals surface area contributed by atoms with Crippen molar-refractivity contribution in [2.45, 2.75) is 6.92 Å². The van der Waals surface area contributed by atoms with E-state index in [0.717, 1.165) is 48.7 Å². The number of imidazole rings is 1. The summed E-state index contributed by atoms with van der Waals surface area (Å²) in [5, 5.41) is 6.03. The van der Waals surface area contributed by atoms with Gasteiger partial charge in [0.2, 0.25) is 11.9 Å². The minimum Gasteiger partial charge on any atom is -0.457 e. The van der Waals surface area contributed by atoms with Crippen LogP contribution in [0.25, 0.3) is 11.0 Å². The lowest BCUT2D eigenvalue weighted by Crippen LogP contribution is -2.36. The highest BCUT2D eigenvalue weighted by Gasteiger charge is 2.14. The summed E-state index contributed by atoms with van der Waals surface area (Å²) in [6.45, 7) is 4.58. The highest BCUT2D eigenvalue weighted by molar-refractivity contribution is 5.87. The summed E-state index contributed by atoms with van der Waals surface area (Å²) in [6.07, 6.45) is 5.24. The predicted octanol–water partition coefficient (Wildman–Crippen LogP) is 3.69. The number of aryl methyl sites for hydroxylation is 1. The van der Waals surface area contributed by atoms with E-state index in [1.54, 1.807) is 24.5 Å². The molecule has 0 atom stereocenters. The number of carbonyl (C=O) groups is 1. The van der Waals surface area contributed by atoms with Crippen molar-refractivity contribution in [2.75, 3.05) is 41.8 Å². The molecule has 0 unspecified atom stereocenters. The van der Waals surface area contributed by atoms with Crippen LogP contribution in [0.15, 0.2) is 55.0 Å². The summed E-state index contributed by atoms with van der Waals surface area (Å²) < 4.78 is 13.4. The van der Waals surface area contributed by atoms with Crippen molar-refractivity contribution in [3.8, 4) is 11.5 Å². The molecule has 0 spiro atoms. The van der Waals surface area contributed by atoms with Crippen molar-refractivity contribution in [3.05, 3.63) is 55.0 Å². The van der Waals surface area contributed by atoms with Crippen molar-refractivity contribution in [3.63, 3.8) is 0 Å². The number of carbonyl (C=O) groups excluding carboxylic acids is 1. The number of aromatic nitrogens is 4. The lowest BCUT2D eigenvalue weighted by Gasteiger charge is -2.28. The van der Waals surface area contributed by atoms with E-state index in [4.69, 9.17) is 14.5 Å². The van der Waals surface area contributed by atoms with Gasteiger partial charge in [0.15, 0.2) is 0 Å². The quantitative estimate of drug-likeness (QED) is 0.450. The van der Waals surface area contributed by atoms with Crippen molar-refractivity contribution < 1.29 is 14.3 Å². The zero-order valence-electron chi connectivity index (χ0n) is 19.0. The van der Waals surface area contributed by atoms with Gasteiger partial charge in [-0.2, -0.15) is 0 Å². The summed E-state index contributed by atoms with van der Waals surface area (Å²) in [5.74, 6) is 2.14. The van der Waals surface area contributed by atoms with Crippen LogP contribution < -0.4 is 20.3 Å². The van der Waals surface area contributed by atoms with Crippen LogP contribution in [0.1, 0.15) is 6.92 Å². The first-order chi connectivity index (χ1) is 16.5. The average molecular weight is 460 g/mol. The van der Waals surface area contributed by atoms with Crippen LogP contribution >= 0.6 is 0 Å². The Morgan fingerprint density at radius 1 is 1.09 bits per heavy atom. The SMILES string of the molecule is CC(=O)Nc1cc(Oc2ccc3c(c2)nc(Nc2cncc(N4CCOCC4)c2)n3C)ccn1. The van der Waals surface area contributed by atoms with Crippen LogP contribution in [0, 0.1) is 0 Å². The van der Waals surface area contributed by atoms with E-state index in [-0.39, 0.29) is 5.91 Å². The molecular weight excluding hydrogens is 434 g/mol. The first-order valence-electron chi connectivity index (χ1n) is 11.0. The van der Waals surface area contributed by atoms with Gasteiger partial charge < -0.3 is 29.6 Å². The summed E-state index contributed by atoms with van der Waals surface area (Å²) in [4.78, 5) is 26.8. The third kappa shape index (κ3) is 4.76. The monoisotopic (exact) mass is 459 g/mol. The van der Waals surface area contributed by atoms with Crippen LogP contribution in [-0.2, 0) is 16.6 Å². The van der Waals surface area contributed by atoms with Crippen LogP contribution in [0.4, 0.5) is 23.1 Å². The normalized spacial score (nSPS) is 13.6. The van der Waals surface area contributed by atoms with E-state index in [1.807, 2.05) is 36.0 Å². The van der Waals surface area contributed by atoms with Gasteiger partial charge in [0.25, 0.3) is 0 Å².